The van der Waals surface area contributed by atoms with Crippen LogP contribution < -0.4 is 5.32 Å². The number of anilines is 1. The number of nitrogens with one attached hydrogen (secondary N) is 1. The van der Waals surface area contributed by atoms with Crippen molar-refractivity contribution in [3.63, 3.8) is 0 Å². The third-order valence-corrected chi connectivity index (χ3v) is 2.54. The summed E-state index contributed by atoms with van der Waals surface area (Å²) >= 11 is 0. The number of methoxy groups -OCH3 is 1. The summed E-state index contributed by atoms with van der Waals surface area (Å²) in [4.78, 5) is 11.5. The minimum Gasteiger partial charge on any atom is -0.466 e. The summed E-state index contributed by atoms with van der Waals surface area (Å²) in [6.45, 7) is 5.24. The van der Waals surface area contributed by atoms with E-state index in [-0.39, 0.29) is 11.9 Å². The normalized spacial score (nSPS) is 11.9. The molecule has 0 heterocycles. The van der Waals surface area contributed by atoms with Gasteiger partial charge in [-0.3, -0.25) is 4.79 Å². The number of ether oxygens (including phenoxy) is 2. The van der Waals surface area contributed by atoms with E-state index in [0.29, 0.717) is 19.8 Å². The molecular formula is C14H21NO3. The lowest BCUT2D eigenvalue weighted by Crippen LogP contribution is -2.22. The van der Waals surface area contributed by atoms with Crippen molar-refractivity contribution < 1.29 is 14.3 Å². The molecule has 0 radical (unpaired) electrons. The van der Waals surface area contributed by atoms with E-state index in [1.165, 1.54) is 0 Å². The summed E-state index contributed by atoms with van der Waals surface area (Å²) < 4.78 is 10.0. The average Bonchev–Trinajstić information content (AvgIpc) is 2.37. The lowest BCUT2D eigenvalue weighted by molar-refractivity contribution is -0.146. The Bertz CT molecular complexity index is 379. The van der Waals surface area contributed by atoms with Gasteiger partial charge in [-0.15, -0.1) is 0 Å². The molecule has 0 fully saturated rings. The zero-order valence-corrected chi connectivity index (χ0v) is 11.2. The Morgan fingerprint density at radius 2 is 2.22 bits per heavy atom. The van der Waals surface area contributed by atoms with E-state index in [9.17, 15) is 4.79 Å². The molecule has 0 bridgehead atoms. The predicted molar refractivity (Wildman–Crippen MR) is 71.4 cm³/mol. The van der Waals surface area contributed by atoms with Gasteiger partial charge in [-0.25, -0.2) is 0 Å². The monoisotopic (exact) mass is 251 g/mol. The second-order valence-corrected chi connectivity index (χ2v) is 4.17. The summed E-state index contributed by atoms with van der Waals surface area (Å²) in [6, 6.07) is 7.95. The maximum absolute atomic E-state index is 11.5. The summed E-state index contributed by atoms with van der Waals surface area (Å²) in [7, 11) is 1.67. The Morgan fingerprint density at radius 1 is 1.44 bits per heavy atom. The van der Waals surface area contributed by atoms with Crippen LogP contribution in [-0.2, 0) is 20.9 Å². The first-order chi connectivity index (χ1) is 8.67. The van der Waals surface area contributed by atoms with E-state index >= 15 is 0 Å². The molecule has 0 saturated carbocycles. The smallest absolute Gasteiger partial charge is 0.310 e. The third-order valence-electron chi connectivity index (χ3n) is 2.54. The highest BCUT2D eigenvalue weighted by atomic mass is 16.5. The molecule has 0 aromatic heterocycles. The van der Waals surface area contributed by atoms with E-state index in [1.807, 2.05) is 38.1 Å². The van der Waals surface area contributed by atoms with E-state index < -0.39 is 0 Å². The van der Waals surface area contributed by atoms with Crippen molar-refractivity contribution in [2.24, 2.45) is 5.92 Å². The number of hydrogen-bond donors (Lipinski definition) is 1. The fourth-order valence-corrected chi connectivity index (χ4v) is 1.58. The molecule has 1 unspecified atom stereocenters. The van der Waals surface area contributed by atoms with Gasteiger partial charge >= 0.3 is 5.97 Å². The number of rotatable bonds is 7. The van der Waals surface area contributed by atoms with Gasteiger partial charge in [-0.05, 0) is 24.6 Å². The zero-order chi connectivity index (χ0) is 13.4. The van der Waals surface area contributed by atoms with Crippen molar-refractivity contribution in [2.75, 3.05) is 25.6 Å². The van der Waals surface area contributed by atoms with E-state index in [0.717, 1.165) is 11.3 Å². The van der Waals surface area contributed by atoms with Crippen LogP contribution in [0, 0.1) is 5.92 Å². The van der Waals surface area contributed by atoms with Crippen LogP contribution in [0.5, 0.6) is 0 Å². The SMILES string of the molecule is CCOC(=O)C(C)CNc1cccc(COC)c1. The molecule has 4 heteroatoms. The maximum atomic E-state index is 11.5. The van der Waals surface area contributed by atoms with Crippen LogP contribution in [0.3, 0.4) is 0 Å². The average molecular weight is 251 g/mol. The van der Waals surface area contributed by atoms with Crippen molar-refractivity contribution in [1.29, 1.82) is 0 Å². The molecular weight excluding hydrogens is 230 g/mol. The molecule has 0 aliphatic rings. The van der Waals surface area contributed by atoms with Gasteiger partial charge in [-0.1, -0.05) is 19.1 Å². The second kappa shape index (κ2) is 7.71. The van der Waals surface area contributed by atoms with E-state index in [4.69, 9.17) is 9.47 Å². The molecule has 0 saturated heterocycles. The largest absolute Gasteiger partial charge is 0.466 e. The Morgan fingerprint density at radius 3 is 2.89 bits per heavy atom. The topological polar surface area (TPSA) is 47.6 Å². The molecule has 4 nitrogen and oxygen atoms in total. The van der Waals surface area contributed by atoms with E-state index in [2.05, 4.69) is 5.32 Å². The van der Waals surface area contributed by atoms with Gasteiger partial charge in [0, 0.05) is 19.3 Å². The number of carbonyl (C=O) groups is 1. The maximum Gasteiger partial charge on any atom is 0.310 e. The predicted octanol–water partition coefficient (Wildman–Crippen LogP) is 2.44. The van der Waals surface area contributed by atoms with Crippen LogP contribution in [0.1, 0.15) is 19.4 Å². The van der Waals surface area contributed by atoms with Gasteiger partial charge in [0.05, 0.1) is 19.1 Å². The van der Waals surface area contributed by atoms with Crippen LogP contribution in [0.25, 0.3) is 0 Å². The van der Waals surface area contributed by atoms with Gasteiger partial charge in [0.15, 0.2) is 0 Å². The first kappa shape index (κ1) is 14.5. The van der Waals surface area contributed by atoms with Crippen LogP contribution in [0.15, 0.2) is 24.3 Å². The van der Waals surface area contributed by atoms with Crippen molar-refractivity contribution in [2.45, 2.75) is 20.5 Å². The molecule has 18 heavy (non-hydrogen) atoms. The van der Waals surface area contributed by atoms with Crippen LogP contribution >= 0.6 is 0 Å². The van der Waals surface area contributed by atoms with Gasteiger partial charge in [0.25, 0.3) is 0 Å². The van der Waals surface area contributed by atoms with Crippen molar-refractivity contribution >= 4 is 11.7 Å². The molecule has 0 aliphatic carbocycles. The number of hydrogen-bond acceptors (Lipinski definition) is 4. The Labute approximate surface area is 108 Å². The van der Waals surface area contributed by atoms with Gasteiger partial charge in [0.1, 0.15) is 0 Å². The molecule has 100 valence electrons. The molecule has 1 aromatic rings. The molecule has 1 aromatic carbocycles. The Hall–Kier alpha value is -1.55. The van der Waals surface area contributed by atoms with Crippen molar-refractivity contribution in [3.8, 4) is 0 Å². The van der Waals surface area contributed by atoms with Crippen LogP contribution in [0.2, 0.25) is 0 Å². The summed E-state index contributed by atoms with van der Waals surface area (Å²) in [5.41, 5.74) is 2.09. The summed E-state index contributed by atoms with van der Waals surface area (Å²) in [5.74, 6) is -0.325. The zero-order valence-electron chi connectivity index (χ0n) is 11.2. The minimum absolute atomic E-state index is 0.156. The van der Waals surface area contributed by atoms with E-state index in [1.54, 1.807) is 7.11 Å². The minimum atomic E-state index is -0.168. The third kappa shape index (κ3) is 4.75. The first-order valence-corrected chi connectivity index (χ1v) is 6.15. The number of carbonyl (C=O) groups excluding carboxylic acids is 1. The fraction of sp³-hybridized carbons (Fsp3) is 0.500. The second-order valence-electron chi connectivity index (χ2n) is 4.17. The molecule has 0 spiro atoms. The van der Waals surface area contributed by atoms with Crippen molar-refractivity contribution in [1.82, 2.24) is 0 Å². The quantitative estimate of drug-likeness (QED) is 0.756. The Balaban J connectivity index is 2.47. The fourth-order valence-electron chi connectivity index (χ4n) is 1.58. The molecule has 0 aliphatic heterocycles. The van der Waals surface area contributed by atoms with Gasteiger partial charge in [0.2, 0.25) is 0 Å². The molecule has 1 rings (SSSR count). The first-order valence-electron chi connectivity index (χ1n) is 6.15. The van der Waals surface area contributed by atoms with Crippen LogP contribution in [0.4, 0.5) is 5.69 Å². The van der Waals surface area contributed by atoms with Crippen molar-refractivity contribution in [3.05, 3.63) is 29.8 Å². The van der Waals surface area contributed by atoms with Gasteiger partial charge < -0.3 is 14.8 Å². The highest BCUT2D eigenvalue weighted by Gasteiger charge is 2.13. The highest BCUT2D eigenvalue weighted by Crippen LogP contribution is 2.12. The summed E-state index contributed by atoms with van der Waals surface area (Å²) in [6.07, 6.45) is 0. The van der Waals surface area contributed by atoms with Crippen LogP contribution in [-0.4, -0.2) is 26.2 Å². The Kier molecular flexibility index (Phi) is 6.22. The molecule has 1 N–H and O–H groups in total. The standard InChI is InChI=1S/C14H21NO3/c1-4-18-14(16)11(2)9-15-13-7-5-6-12(8-13)10-17-3/h5-8,11,15H,4,9-10H2,1-3H3. The molecule has 1 atom stereocenters. The molecule has 0 amide bonds. The lowest BCUT2D eigenvalue weighted by atomic mass is 10.1. The number of esters is 1. The lowest BCUT2D eigenvalue weighted by Gasteiger charge is -2.13. The van der Waals surface area contributed by atoms with Gasteiger partial charge in [-0.2, -0.15) is 0 Å². The highest BCUT2D eigenvalue weighted by molar-refractivity contribution is 5.72. The number of benzene rings is 1. The summed E-state index contributed by atoms with van der Waals surface area (Å²) in [5, 5.41) is 3.23.